The molecule has 1 unspecified atom stereocenters. The summed E-state index contributed by atoms with van der Waals surface area (Å²) in [5, 5.41) is 2.26. The molecule has 10 rings (SSSR count). The van der Waals surface area contributed by atoms with E-state index < -0.39 is 13.3 Å². The van der Waals surface area contributed by atoms with Gasteiger partial charge in [-0.15, -0.1) is 18.2 Å². The molecule has 3 aromatic heterocycles. The Morgan fingerprint density at radius 1 is 0.725 bits per heavy atom. The molecule has 0 saturated heterocycles. The van der Waals surface area contributed by atoms with Crippen LogP contribution in [-0.4, -0.2) is 23.2 Å². The van der Waals surface area contributed by atoms with Crippen LogP contribution in [0.4, 0.5) is 0 Å². The van der Waals surface area contributed by atoms with Gasteiger partial charge in [0.15, 0.2) is 0 Å². The van der Waals surface area contributed by atoms with Crippen LogP contribution in [0.5, 0.6) is 0 Å². The molecule has 0 N–H and O–H groups in total. The van der Waals surface area contributed by atoms with Crippen molar-refractivity contribution in [2.45, 2.75) is 55.8 Å². The van der Waals surface area contributed by atoms with E-state index in [9.17, 15) is 0 Å². The van der Waals surface area contributed by atoms with Gasteiger partial charge in [0.1, 0.15) is 5.58 Å². The van der Waals surface area contributed by atoms with Gasteiger partial charge in [0.05, 0.1) is 5.58 Å². The molecule has 0 aliphatic heterocycles. The third kappa shape index (κ3) is 7.84. The Morgan fingerprint density at radius 2 is 1.55 bits per heavy atom. The Labute approximate surface area is 318 Å². The SMILES string of the molecule is [CH3][Ge]([CH3])([CH3])[c]1ccc(-c2[c-]cccc2)nc1.[Ir].[c-]1ccc2c(oc3cc(-c4ccccc4)ccc32)c1-c1cc(CC2CC3CCC2CC3)ccn1. The molecule has 3 nitrogen and oxygen atoms in total. The molecule has 3 aliphatic carbocycles. The monoisotopic (exact) mass is 907 g/mol. The van der Waals surface area contributed by atoms with Gasteiger partial charge in [0.2, 0.25) is 0 Å². The summed E-state index contributed by atoms with van der Waals surface area (Å²) in [7, 11) is 0. The average molecular weight is 906 g/mol. The summed E-state index contributed by atoms with van der Waals surface area (Å²) in [5.74, 6) is 9.87. The van der Waals surface area contributed by atoms with Crippen molar-refractivity contribution in [3.63, 3.8) is 0 Å². The van der Waals surface area contributed by atoms with Crippen LogP contribution in [0.3, 0.4) is 0 Å². The van der Waals surface area contributed by atoms with Gasteiger partial charge < -0.3 is 9.40 Å². The first-order chi connectivity index (χ1) is 24.4. The molecule has 1 radical (unpaired) electrons. The molecule has 0 amide bonds. The van der Waals surface area contributed by atoms with Crippen LogP contribution >= 0.6 is 0 Å². The summed E-state index contributed by atoms with van der Waals surface area (Å²) >= 11 is -1.72. The largest absolute Gasteiger partial charge is 0.501 e. The molecule has 3 fully saturated rings. The predicted molar refractivity (Wildman–Crippen MR) is 210 cm³/mol. The molecule has 2 bridgehead atoms. The van der Waals surface area contributed by atoms with E-state index in [-0.39, 0.29) is 20.1 Å². The van der Waals surface area contributed by atoms with Crippen molar-refractivity contribution in [3.8, 4) is 33.6 Å². The predicted octanol–water partition coefficient (Wildman–Crippen LogP) is 11.6. The van der Waals surface area contributed by atoms with E-state index in [0.29, 0.717) is 0 Å². The zero-order valence-corrected chi connectivity index (χ0v) is 34.2. The van der Waals surface area contributed by atoms with Gasteiger partial charge in [0, 0.05) is 31.7 Å². The van der Waals surface area contributed by atoms with E-state index in [1.54, 1.807) is 0 Å². The third-order valence-corrected chi connectivity index (χ3v) is 15.2. The fourth-order valence-corrected chi connectivity index (χ4v) is 10.3. The number of fused-ring (bicyclic) bond motifs is 6. The minimum Gasteiger partial charge on any atom is -0.501 e. The van der Waals surface area contributed by atoms with Crippen LogP contribution < -0.4 is 4.40 Å². The van der Waals surface area contributed by atoms with E-state index in [0.717, 1.165) is 62.2 Å². The second-order valence-electron chi connectivity index (χ2n) is 15.3. The quantitative estimate of drug-likeness (QED) is 0.123. The molecule has 7 aromatic rings. The minimum atomic E-state index is -1.72. The second kappa shape index (κ2) is 15.4. The molecule has 259 valence electrons. The number of nitrogens with zero attached hydrogens (tertiary/aromatic N) is 2. The minimum absolute atomic E-state index is 0. The molecule has 3 saturated carbocycles. The molecule has 0 spiro atoms. The van der Waals surface area contributed by atoms with Gasteiger partial charge in [-0.1, -0.05) is 77.9 Å². The fraction of sp³-hybridized carbons (Fsp3) is 0.261. The maximum atomic E-state index is 6.46. The Kier molecular flexibility index (Phi) is 10.8. The molecule has 3 heterocycles. The zero-order valence-electron chi connectivity index (χ0n) is 29.7. The maximum Gasteiger partial charge on any atom is 0.121 e. The van der Waals surface area contributed by atoms with Crippen LogP contribution in [0, 0.1) is 29.9 Å². The first kappa shape index (κ1) is 35.6. The van der Waals surface area contributed by atoms with Crippen molar-refractivity contribution < 1.29 is 24.5 Å². The summed E-state index contributed by atoms with van der Waals surface area (Å²) in [5.41, 5.74) is 9.55. The number of pyridine rings is 2. The summed E-state index contributed by atoms with van der Waals surface area (Å²) < 4.78 is 7.90. The average Bonchev–Trinajstić information content (AvgIpc) is 3.54. The van der Waals surface area contributed by atoms with E-state index in [2.05, 4.69) is 107 Å². The first-order valence-corrected chi connectivity index (χ1v) is 25.5. The first-order valence-electron chi connectivity index (χ1n) is 18.2. The molecule has 3 aliphatic rings. The Bertz CT molecular complexity index is 2220. The van der Waals surface area contributed by atoms with Crippen LogP contribution in [0.25, 0.3) is 55.6 Å². The van der Waals surface area contributed by atoms with Crippen molar-refractivity contribution in [3.05, 3.63) is 139 Å². The Morgan fingerprint density at radius 3 is 2.25 bits per heavy atom. The van der Waals surface area contributed by atoms with Crippen molar-refractivity contribution in [2.75, 3.05) is 0 Å². The topological polar surface area (TPSA) is 38.9 Å². The van der Waals surface area contributed by atoms with Gasteiger partial charge in [-0.2, -0.15) is 0 Å². The number of rotatable bonds is 6. The molecule has 5 heteroatoms. The van der Waals surface area contributed by atoms with Gasteiger partial charge >= 0.3 is 99.8 Å². The molecular weight excluding hydrogens is 861 g/mol. The van der Waals surface area contributed by atoms with Crippen LogP contribution in [0.15, 0.2) is 126 Å². The summed E-state index contributed by atoms with van der Waals surface area (Å²) in [6.07, 6.45) is 12.4. The fourth-order valence-electron chi connectivity index (χ4n) is 8.10. The number of benzene rings is 4. The smallest absolute Gasteiger partial charge is 0.121 e. The molecule has 1 atom stereocenters. The van der Waals surface area contributed by atoms with Crippen molar-refractivity contribution in [1.82, 2.24) is 9.97 Å². The Balaban J connectivity index is 0.000000202. The maximum absolute atomic E-state index is 6.46. The molecular formula is C46H44GeIrN2O-2. The molecule has 4 aromatic carbocycles. The van der Waals surface area contributed by atoms with E-state index >= 15 is 0 Å². The third-order valence-electron chi connectivity index (χ3n) is 10.9. The number of aromatic nitrogens is 2. The normalized spacial score (nSPS) is 18.2. The van der Waals surface area contributed by atoms with Gasteiger partial charge in [-0.05, 0) is 72.4 Å². The van der Waals surface area contributed by atoms with E-state index in [1.165, 1.54) is 59.6 Å². The van der Waals surface area contributed by atoms with Crippen LogP contribution in [-0.2, 0) is 26.5 Å². The summed E-state index contributed by atoms with van der Waals surface area (Å²) in [4.78, 5) is 9.28. The molecule has 51 heavy (non-hydrogen) atoms. The number of hydrogen-bond acceptors (Lipinski definition) is 3. The van der Waals surface area contributed by atoms with Crippen molar-refractivity contribution in [1.29, 1.82) is 0 Å². The van der Waals surface area contributed by atoms with Crippen molar-refractivity contribution in [2.24, 2.45) is 17.8 Å². The summed E-state index contributed by atoms with van der Waals surface area (Å²) in [6, 6.07) is 44.5. The van der Waals surface area contributed by atoms with Crippen LogP contribution in [0.2, 0.25) is 17.3 Å². The second-order valence-corrected chi connectivity index (χ2v) is 25.9. The van der Waals surface area contributed by atoms with Crippen LogP contribution in [0.1, 0.15) is 37.7 Å². The van der Waals surface area contributed by atoms with Gasteiger partial charge in [0.25, 0.3) is 0 Å². The van der Waals surface area contributed by atoms with Gasteiger partial charge in [-0.25, -0.2) is 0 Å². The van der Waals surface area contributed by atoms with E-state index in [4.69, 9.17) is 9.40 Å². The van der Waals surface area contributed by atoms with Crippen molar-refractivity contribution >= 4 is 39.6 Å². The van der Waals surface area contributed by atoms with Gasteiger partial charge in [-0.3, -0.25) is 0 Å². The zero-order chi connectivity index (χ0) is 34.1. The summed E-state index contributed by atoms with van der Waals surface area (Å²) in [6.45, 7) is 0. The standard InChI is InChI=1S/C32H28NO.C14H16GeN.Ir/c1-2-5-23(6-3-1)25-13-14-27-28-7-4-8-29(32(28)34-31(27)20-25)30-19-22(15-16-33-30)18-26-17-21-9-11-24(26)12-10-21;1-15(2,3)13-9-10-14(16-11-13)12-7-5-4-6-8-12;/h1-7,13-16,19-21,24,26H,9-12,17-18H2;4-7,9-11H,1-3H3;/q2*-1;. The number of hydrogen-bond donors (Lipinski definition) is 0. The van der Waals surface area contributed by atoms with E-state index in [1.807, 2.05) is 48.8 Å². The number of furan rings is 1. The Hall–Kier alpha value is -3.83.